The molecule has 0 aliphatic carbocycles. The van der Waals surface area contributed by atoms with Gasteiger partial charge in [-0.2, -0.15) is 0 Å². The predicted octanol–water partition coefficient (Wildman–Crippen LogP) is 2.36. The zero-order valence-electron chi connectivity index (χ0n) is 6.34. The van der Waals surface area contributed by atoms with E-state index < -0.39 is 0 Å². The van der Waals surface area contributed by atoms with Gasteiger partial charge >= 0.3 is 0 Å². The first-order valence-corrected chi connectivity index (χ1v) is 3.55. The Kier molecular flexibility index (Phi) is 2.15. The van der Waals surface area contributed by atoms with Crippen LogP contribution >= 0.6 is 11.6 Å². The first-order chi connectivity index (χ1) is 5.20. The fourth-order valence-electron chi connectivity index (χ4n) is 0.895. The molecule has 0 aromatic carbocycles. The molecule has 0 aliphatic heterocycles. The van der Waals surface area contributed by atoms with Crippen molar-refractivity contribution in [2.24, 2.45) is 7.05 Å². The second kappa shape index (κ2) is 2.93. The molecule has 0 N–H and O–H groups in total. The highest BCUT2D eigenvalue weighted by Crippen LogP contribution is 2.16. The standard InChI is InChI=1S/C8H9ClN2/c1-4-6-7(5-2)11(3)8(9)10-6/h4-5H,1-2H2,3H3. The molecule has 2 nitrogen and oxygen atoms in total. The third kappa shape index (κ3) is 1.21. The Hall–Kier alpha value is -1.02. The molecule has 3 heteroatoms. The van der Waals surface area contributed by atoms with Crippen molar-refractivity contribution in [1.29, 1.82) is 0 Å². The predicted molar refractivity (Wildman–Crippen MR) is 48.4 cm³/mol. The normalized spacial score (nSPS) is 9.64. The molecular weight excluding hydrogens is 160 g/mol. The molecular formula is C8H9ClN2. The summed E-state index contributed by atoms with van der Waals surface area (Å²) in [5, 5.41) is 0.454. The molecule has 1 heterocycles. The third-order valence-corrected chi connectivity index (χ3v) is 1.84. The van der Waals surface area contributed by atoms with E-state index in [0.717, 1.165) is 11.4 Å². The van der Waals surface area contributed by atoms with Gasteiger partial charge in [0.2, 0.25) is 5.28 Å². The number of rotatable bonds is 2. The Morgan fingerprint density at radius 3 is 2.45 bits per heavy atom. The average molecular weight is 169 g/mol. The smallest absolute Gasteiger partial charge is 0.203 e. The molecule has 0 saturated carbocycles. The van der Waals surface area contributed by atoms with Gasteiger partial charge in [-0.15, -0.1) is 0 Å². The van der Waals surface area contributed by atoms with Crippen molar-refractivity contribution in [3.63, 3.8) is 0 Å². The molecule has 0 amide bonds. The molecule has 0 fully saturated rings. The zero-order chi connectivity index (χ0) is 8.43. The first-order valence-electron chi connectivity index (χ1n) is 3.17. The molecule has 0 spiro atoms. The molecule has 0 unspecified atom stereocenters. The molecule has 1 aromatic heterocycles. The van der Waals surface area contributed by atoms with Crippen LogP contribution < -0.4 is 0 Å². The fraction of sp³-hybridized carbons (Fsp3) is 0.125. The quantitative estimate of drug-likeness (QED) is 0.663. The molecule has 0 radical (unpaired) electrons. The van der Waals surface area contributed by atoms with Crippen molar-refractivity contribution in [1.82, 2.24) is 9.55 Å². The highest BCUT2D eigenvalue weighted by molar-refractivity contribution is 6.28. The minimum absolute atomic E-state index is 0.454. The van der Waals surface area contributed by atoms with Crippen LogP contribution in [0.25, 0.3) is 12.2 Å². The van der Waals surface area contributed by atoms with E-state index in [1.54, 1.807) is 16.7 Å². The minimum Gasteiger partial charge on any atom is -0.318 e. The van der Waals surface area contributed by atoms with Crippen LogP contribution in [0.15, 0.2) is 13.2 Å². The van der Waals surface area contributed by atoms with E-state index in [9.17, 15) is 0 Å². The van der Waals surface area contributed by atoms with Crippen molar-refractivity contribution in [2.75, 3.05) is 0 Å². The lowest BCUT2D eigenvalue weighted by atomic mass is 10.3. The average Bonchev–Trinajstić information content (AvgIpc) is 2.28. The number of imidazole rings is 1. The van der Waals surface area contributed by atoms with Crippen LogP contribution in [-0.2, 0) is 7.05 Å². The SMILES string of the molecule is C=Cc1nc(Cl)n(C)c1C=C. The van der Waals surface area contributed by atoms with Crippen molar-refractivity contribution in [2.45, 2.75) is 0 Å². The number of nitrogens with zero attached hydrogens (tertiary/aromatic N) is 2. The van der Waals surface area contributed by atoms with Gasteiger partial charge in [-0.3, -0.25) is 0 Å². The second-order valence-electron chi connectivity index (χ2n) is 2.12. The van der Waals surface area contributed by atoms with E-state index in [0.29, 0.717) is 5.28 Å². The maximum atomic E-state index is 5.75. The van der Waals surface area contributed by atoms with Crippen LogP contribution in [0, 0.1) is 0 Å². The molecule has 1 rings (SSSR count). The lowest BCUT2D eigenvalue weighted by Crippen LogP contribution is -1.90. The number of hydrogen-bond donors (Lipinski definition) is 0. The van der Waals surface area contributed by atoms with E-state index in [1.807, 2.05) is 7.05 Å². The largest absolute Gasteiger partial charge is 0.318 e. The molecule has 58 valence electrons. The number of aromatic nitrogens is 2. The Morgan fingerprint density at radius 2 is 2.09 bits per heavy atom. The monoisotopic (exact) mass is 168 g/mol. The van der Waals surface area contributed by atoms with Crippen LogP contribution in [0.5, 0.6) is 0 Å². The van der Waals surface area contributed by atoms with Gasteiger partial charge in [0.05, 0.1) is 11.4 Å². The lowest BCUT2D eigenvalue weighted by molar-refractivity contribution is 0.903. The van der Waals surface area contributed by atoms with E-state index in [1.165, 1.54) is 0 Å². The summed E-state index contributed by atoms with van der Waals surface area (Å²) in [7, 11) is 1.83. The molecule has 0 saturated heterocycles. The third-order valence-electron chi connectivity index (χ3n) is 1.50. The summed E-state index contributed by atoms with van der Waals surface area (Å²) in [4.78, 5) is 4.04. The van der Waals surface area contributed by atoms with Crippen LogP contribution in [0.3, 0.4) is 0 Å². The summed E-state index contributed by atoms with van der Waals surface area (Å²) in [6.07, 6.45) is 3.36. The van der Waals surface area contributed by atoms with Crippen LogP contribution in [-0.4, -0.2) is 9.55 Å². The van der Waals surface area contributed by atoms with Gasteiger partial charge in [0.25, 0.3) is 0 Å². The van der Waals surface area contributed by atoms with E-state index in [4.69, 9.17) is 11.6 Å². The van der Waals surface area contributed by atoms with Gasteiger partial charge in [-0.1, -0.05) is 13.2 Å². The topological polar surface area (TPSA) is 17.8 Å². The van der Waals surface area contributed by atoms with Crippen molar-refractivity contribution >= 4 is 23.8 Å². The molecule has 11 heavy (non-hydrogen) atoms. The highest BCUT2D eigenvalue weighted by atomic mass is 35.5. The van der Waals surface area contributed by atoms with Crippen LogP contribution in [0.2, 0.25) is 5.28 Å². The van der Waals surface area contributed by atoms with Gasteiger partial charge in [-0.05, 0) is 23.8 Å². The summed E-state index contributed by atoms with van der Waals surface area (Å²) in [6.45, 7) is 7.26. The van der Waals surface area contributed by atoms with Gasteiger partial charge < -0.3 is 4.57 Å². The Labute approximate surface area is 70.8 Å². The van der Waals surface area contributed by atoms with Gasteiger partial charge in [0, 0.05) is 7.05 Å². The van der Waals surface area contributed by atoms with Gasteiger partial charge in [0.15, 0.2) is 0 Å². The van der Waals surface area contributed by atoms with Gasteiger partial charge in [0.1, 0.15) is 0 Å². The van der Waals surface area contributed by atoms with Crippen molar-refractivity contribution in [3.8, 4) is 0 Å². The lowest BCUT2D eigenvalue weighted by Gasteiger charge is -1.95. The van der Waals surface area contributed by atoms with E-state index >= 15 is 0 Å². The highest BCUT2D eigenvalue weighted by Gasteiger charge is 2.06. The Morgan fingerprint density at radius 1 is 1.45 bits per heavy atom. The van der Waals surface area contributed by atoms with Crippen LogP contribution in [0.1, 0.15) is 11.4 Å². The number of hydrogen-bond acceptors (Lipinski definition) is 1. The van der Waals surface area contributed by atoms with Gasteiger partial charge in [-0.25, -0.2) is 4.98 Å². The molecule has 1 aromatic rings. The minimum atomic E-state index is 0.454. The number of halogens is 1. The first kappa shape index (κ1) is 8.08. The Balaban J connectivity index is 3.37. The second-order valence-corrected chi connectivity index (χ2v) is 2.46. The zero-order valence-corrected chi connectivity index (χ0v) is 7.10. The van der Waals surface area contributed by atoms with E-state index in [-0.39, 0.29) is 0 Å². The molecule has 0 aliphatic rings. The summed E-state index contributed by atoms with van der Waals surface area (Å²) in [5.41, 5.74) is 1.66. The van der Waals surface area contributed by atoms with Crippen molar-refractivity contribution < 1.29 is 0 Å². The summed E-state index contributed by atoms with van der Waals surface area (Å²) >= 11 is 5.75. The van der Waals surface area contributed by atoms with E-state index in [2.05, 4.69) is 18.1 Å². The van der Waals surface area contributed by atoms with Crippen molar-refractivity contribution in [3.05, 3.63) is 29.8 Å². The summed E-state index contributed by atoms with van der Waals surface area (Å²) < 4.78 is 1.76. The maximum absolute atomic E-state index is 5.75. The molecule has 0 bridgehead atoms. The fourth-order valence-corrected chi connectivity index (χ4v) is 1.08. The summed E-state index contributed by atoms with van der Waals surface area (Å²) in [6, 6.07) is 0. The maximum Gasteiger partial charge on any atom is 0.203 e. The Bertz CT molecular complexity index is 299. The van der Waals surface area contributed by atoms with Crippen LogP contribution in [0.4, 0.5) is 0 Å². The summed E-state index contributed by atoms with van der Waals surface area (Å²) in [5.74, 6) is 0. The molecule has 0 atom stereocenters.